The summed E-state index contributed by atoms with van der Waals surface area (Å²) in [5.74, 6) is -1.83. The van der Waals surface area contributed by atoms with Gasteiger partial charge in [-0.2, -0.15) is 0 Å². The molecule has 2 aliphatic heterocycles. The summed E-state index contributed by atoms with van der Waals surface area (Å²) in [6, 6.07) is 30.3. The molecule has 0 radical (unpaired) electrons. The van der Waals surface area contributed by atoms with E-state index < -0.39 is 21.8 Å². The maximum atomic E-state index is 12.4. The lowest BCUT2D eigenvalue weighted by molar-refractivity contribution is -0.146. The molecule has 0 spiro atoms. The molecule has 10 heteroatoms. The van der Waals surface area contributed by atoms with E-state index in [2.05, 4.69) is 47.0 Å². The zero-order valence-corrected chi connectivity index (χ0v) is 23.6. The predicted molar refractivity (Wildman–Crippen MR) is 159 cm³/mol. The maximum Gasteiger partial charge on any atom is 0.352 e. The molecule has 8 nitrogen and oxygen atoms in total. The molecule has 206 valence electrons. The summed E-state index contributed by atoms with van der Waals surface area (Å²) in [6.45, 7) is 1.38. The van der Waals surface area contributed by atoms with Gasteiger partial charge in [0.25, 0.3) is 0 Å². The molecule has 4 aromatic rings. The molecular formula is C31H26N4O4S2. The highest BCUT2D eigenvalue weighted by molar-refractivity contribution is 8.01. The summed E-state index contributed by atoms with van der Waals surface area (Å²) in [7, 11) is 0. The number of nitrogens with one attached hydrogen (secondary N) is 2. The van der Waals surface area contributed by atoms with Crippen LogP contribution in [0.5, 0.6) is 0 Å². The van der Waals surface area contributed by atoms with Crippen molar-refractivity contribution in [2.75, 3.05) is 5.32 Å². The van der Waals surface area contributed by atoms with Gasteiger partial charge in [-0.1, -0.05) is 103 Å². The summed E-state index contributed by atoms with van der Waals surface area (Å²) >= 11 is 2.67. The zero-order chi connectivity index (χ0) is 28.6. The molecule has 3 N–H and O–H groups in total. The number of fused-ring (bicyclic) bond motifs is 1. The van der Waals surface area contributed by atoms with Crippen LogP contribution in [-0.4, -0.2) is 38.1 Å². The number of β-lactam (4-membered cyclic amide) rings is 1. The van der Waals surface area contributed by atoms with Crippen molar-refractivity contribution in [3.8, 4) is 0 Å². The average molecular weight is 583 g/mol. The molecule has 41 heavy (non-hydrogen) atoms. The van der Waals surface area contributed by atoms with E-state index in [0.29, 0.717) is 10.8 Å². The van der Waals surface area contributed by atoms with E-state index in [1.807, 2.05) is 60.0 Å². The van der Waals surface area contributed by atoms with Gasteiger partial charge in [-0.3, -0.25) is 14.5 Å². The zero-order valence-electron chi connectivity index (χ0n) is 22.0. The molecule has 3 heterocycles. The second kappa shape index (κ2) is 10.5. The standard InChI is InChI=1S/C31H26N4O4S2/c1-20(36)33-30(18-24(28(38)39)35-26(37)17-27(35)41-30)25-19-40-29(32-25)34-31(21-11-5-2-6-12-21,22-13-7-3-8-14-22)23-15-9-4-10-16-23/h2-16,18-19,27H,17H2,1H3,(H,32,34)(H,33,36)(H,38,39)/t27-,30?/m1/s1. The van der Waals surface area contributed by atoms with Crippen LogP contribution in [0.2, 0.25) is 0 Å². The molecule has 0 saturated carbocycles. The Bertz CT molecular complexity index is 1550. The van der Waals surface area contributed by atoms with E-state index in [-0.39, 0.29) is 23.9 Å². The topological polar surface area (TPSA) is 112 Å². The lowest BCUT2D eigenvalue weighted by Crippen LogP contribution is -2.58. The van der Waals surface area contributed by atoms with E-state index in [9.17, 15) is 19.5 Å². The number of aliphatic carboxylic acids is 1. The smallest absolute Gasteiger partial charge is 0.352 e. The molecule has 2 atom stereocenters. The summed E-state index contributed by atoms with van der Waals surface area (Å²) in [5, 5.41) is 18.6. The van der Waals surface area contributed by atoms with Crippen molar-refractivity contribution in [1.82, 2.24) is 15.2 Å². The molecule has 6 rings (SSSR count). The van der Waals surface area contributed by atoms with Gasteiger partial charge in [-0.15, -0.1) is 11.3 Å². The Kier molecular flexibility index (Phi) is 6.88. The second-order valence-corrected chi connectivity index (χ2v) is 12.1. The predicted octanol–water partition coefficient (Wildman–Crippen LogP) is 5.11. The number of benzene rings is 3. The van der Waals surface area contributed by atoms with Crippen LogP contribution in [0.3, 0.4) is 0 Å². The molecular weight excluding hydrogens is 556 g/mol. The number of thioether (sulfide) groups is 1. The Morgan fingerprint density at radius 2 is 1.49 bits per heavy atom. The van der Waals surface area contributed by atoms with Gasteiger partial charge in [0.15, 0.2) is 10.0 Å². The minimum atomic E-state index is -1.26. The van der Waals surface area contributed by atoms with Gasteiger partial charge in [-0.25, -0.2) is 9.78 Å². The van der Waals surface area contributed by atoms with Crippen LogP contribution >= 0.6 is 23.1 Å². The fraction of sp³-hybridized carbons (Fsp3) is 0.161. The molecule has 1 unspecified atom stereocenters. The van der Waals surface area contributed by atoms with Gasteiger partial charge in [-0.05, 0) is 22.8 Å². The fourth-order valence-electron chi connectivity index (χ4n) is 5.41. The van der Waals surface area contributed by atoms with Crippen LogP contribution in [0, 0.1) is 0 Å². The molecule has 0 bridgehead atoms. The van der Waals surface area contributed by atoms with Crippen molar-refractivity contribution < 1.29 is 19.5 Å². The number of rotatable bonds is 8. The SMILES string of the molecule is CC(=O)NC1(c2csc(NC(c3ccccc3)(c3ccccc3)c3ccccc3)n2)C=C(C(=O)O)N2C(=O)C[C@H]2S1. The van der Waals surface area contributed by atoms with Crippen LogP contribution in [0.4, 0.5) is 5.13 Å². The van der Waals surface area contributed by atoms with Crippen LogP contribution < -0.4 is 10.6 Å². The largest absolute Gasteiger partial charge is 0.477 e. The van der Waals surface area contributed by atoms with Gasteiger partial charge in [0, 0.05) is 12.3 Å². The number of aromatic nitrogens is 1. The molecule has 3 aromatic carbocycles. The molecule has 1 aromatic heterocycles. The number of thiazole rings is 1. The average Bonchev–Trinajstić information content (AvgIpc) is 3.45. The summed E-state index contributed by atoms with van der Waals surface area (Å²) in [5.41, 5.74) is 2.54. The highest BCUT2D eigenvalue weighted by Crippen LogP contribution is 2.51. The number of amides is 2. The number of carbonyl (C=O) groups is 3. The Hall–Kier alpha value is -4.41. The Morgan fingerprint density at radius 1 is 0.951 bits per heavy atom. The van der Waals surface area contributed by atoms with E-state index in [0.717, 1.165) is 16.7 Å². The first-order chi connectivity index (χ1) is 19.8. The van der Waals surface area contributed by atoms with Crippen LogP contribution in [0.15, 0.2) is 108 Å². The summed E-state index contributed by atoms with van der Waals surface area (Å²) in [6.07, 6.45) is 1.61. The third kappa shape index (κ3) is 4.68. The van der Waals surface area contributed by atoms with Crippen LogP contribution in [0.25, 0.3) is 0 Å². The van der Waals surface area contributed by atoms with Crippen molar-refractivity contribution in [1.29, 1.82) is 0 Å². The Labute approximate surface area is 245 Å². The van der Waals surface area contributed by atoms with Gasteiger partial charge in [0.1, 0.15) is 11.2 Å². The van der Waals surface area contributed by atoms with Crippen molar-refractivity contribution in [3.05, 3.63) is 131 Å². The highest BCUT2D eigenvalue weighted by atomic mass is 32.2. The van der Waals surface area contributed by atoms with Gasteiger partial charge in [0.2, 0.25) is 11.8 Å². The number of carboxylic acid groups (broad SMARTS) is 1. The number of carboxylic acids is 1. The number of carbonyl (C=O) groups excluding carboxylic acids is 2. The monoisotopic (exact) mass is 582 g/mol. The first-order valence-corrected chi connectivity index (χ1v) is 14.7. The summed E-state index contributed by atoms with van der Waals surface area (Å²) < 4.78 is 0. The Balaban J connectivity index is 1.49. The third-order valence-corrected chi connectivity index (χ3v) is 9.42. The van der Waals surface area contributed by atoms with Crippen molar-refractivity contribution in [2.45, 2.75) is 29.1 Å². The van der Waals surface area contributed by atoms with E-state index in [4.69, 9.17) is 4.98 Å². The molecule has 0 aliphatic carbocycles. The number of hydrogen-bond donors (Lipinski definition) is 3. The maximum absolute atomic E-state index is 12.4. The molecule has 2 aliphatic rings. The summed E-state index contributed by atoms with van der Waals surface area (Å²) in [4.78, 5) is 41.7. The normalized spacial score (nSPS) is 19.9. The van der Waals surface area contributed by atoms with Crippen LogP contribution in [-0.2, 0) is 24.8 Å². The first kappa shape index (κ1) is 26.8. The lowest BCUT2D eigenvalue weighted by atomic mass is 9.77. The number of anilines is 1. The first-order valence-electron chi connectivity index (χ1n) is 13.0. The molecule has 1 fully saturated rings. The van der Waals surface area contributed by atoms with E-state index in [1.54, 1.807) is 0 Å². The molecule has 1 saturated heterocycles. The second-order valence-electron chi connectivity index (χ2n) is 9.80. The minimum Gasteiger partial charge on any atom is -0.477 e. The Morgan fingerprint density at radius 3 is 1.95 bits per heavy atom. The van der Waals surface area contributed by atoms with Gasteiger partial charge < -0.3 is 15.7 Å². The highest BCUT2D eigenvalue weighted by Gasteiger charge is 2.52. The van der Waals surface area contributed by atoms with E-state index in [1.165, 1.54) is 41.0 Å². The molecule has 2 amide bonds. The quantitative estimate of drug-likeness (QED) is 0.196. The van der Waals surface area contributed by atoms with Gasteiger partial charge in [0.05, 0.1) is 17.5 Å². The van der Waals surface area contributed by atoms with Crippen molar-refractivity contribution in [3.63, 3.8) is 0 Å². The lowest BCUT2D eigenvalue weighted by Gasteiger charge is -2.48. The van der Waals surface area contributed by atoms with E-state index >= 15 is 0 Å². The number of hydrogen-bond acceptors (Lipinski definition) is 7. The third-order valence-electron chi connectivity index (χ3n) is 7.21. The number of nitrogens with zero attached hydrogens (tertiary/aromatic N) is 2. The minimum absolute atomic E-state index is 0.159. The van der Waals surface area contributed by atoms with Crippen molar-refractivity contribution >= 4 is 46.0 Å². The van der Waals surface area contributed by atoms with Gasteiger partial charge >= 0.3 is 5.97 Å². The van der Waals surface area contributed by atoms with Crippen LogP contribution in [0.1, 0.15) is 35.7 Å². The fourth-order valence-corrected chi connectivity index (χ4v) is 7.91. The van der Waals surface area contributed by atoms with Crippen molar-refractivity contribution in [2.24, 2.45) is 0 Å².